The molecule has 0 aliphatic carbocycles. The van der Waals surface area contributed by atoms with Gasteiger partial charge in [-0.15, -0.1) is 0 Å². The van der Waals surface area contributed by atoms with Crippen LogP contribution >= 0.6 is 0 Å². The SMILES string of the molecule is CC[C@@H](C)NC(=O)COC(=O)c1cccc(S(=O)(=O)N2CCOCC2)c1. The van der Waals surface area contributed by atoms with Crippen molar-refractivity contribution in [2.24, 2.45) is 0 Å². The van der Waals surface area contributed by atoms with Gasteiger partial charge in [-0.05, 0) is 31.5 Å². The fourth-order valence-corrected chi connectivity index (χ4v) is 3.81. The summed E-state index contributed by atoms with van der Waals surface area (Å²) in [5.41, 5.74) is 0.0793. The predicted octanol–water partition coefficient (Wildman–Crippen LogP) is 0.779. The van der Waals surface area contributed by atoms with Gasteiger partial charge in [0.25, 0.3) is 5.91 Å². The van der Waals surface area contributed by atoms with Gasteiger partial charge in [-0.1, -0.05) is 13.0 Å². The molecule has 9 heteroatoms. The Bertz CT molecular complexity index is 743. The van der Waals surface area contributed by atoms with Gasteiger partial charge in [-0.3, -0.25) is 4.79 Å². The highest BCUT2D eigenvalue weighted by Crippen LogP contribution is 2.18. The van der Waals surface area contributed by atoms with E-state index in [1.807, 2.05) is 13.8 Å². The van der Waals surface area contributed by atoms with E-state index in [-0.39, 0.29) is 29.6 Å². The van der Waals surface area contributed by atoms with Gasteiger partial charge in [0.2, 0.25) is 10.0 Å². The second-order valence-corrected chi connectivity index (χ2v) is 7.94. The molecule has 1 N–H and O–H groups in total. The maximum absolute atomic E-state index is 12.6. The zero-order valence-corrected chi connectivity index (χ0v) is 15.8. The third kappa shape index (κ3) is 5.26. The molecule has 0 aromatic heterocycles. The molecular weight excluding hydrogens is 360 g/mol. The van der Waals surface area contributed by atoms with Gasteiger partial charge in [-0.2, -0.15) is 4.31 Å². The van der Waals surface area contributed by atoms with Crippen molar-refractivity contribution in [3.05, 3.63) is 29.8 Å². The van der Waals surface area contributed by atoms with Crippen LogP contribution in [0.2, 0.25) is 0 Å². The third-order valence-electron chi connectivity index (χ3n) is 4.03. The first kappa shape index (κ1) is 20.3. The Morgan fingerprint density at radius 3 is 2.65 bits per heavy atom. The monoisotopic (exact) mass is 384 g/mol. The van der Waals surface area contributed by atoms with E-state index in [9.17, 15) is 18.0 Å². The third-order valence-corrected chi connectivity index (χ3v) is 5.93. The van der Waals surface area contributed by atoms with Crippen LogP contribution in [-0.4, -0.2) is 63.6 Å². The first-order valence-corrected chi connectivity index (χ1v) is 9.93. The van der Waals surface area contributed by atoms with Crippen LogP contribution in [0.1, 0.15) is 30.6 Å². The minimum absolute atomic E-state index is 0.0109. The van der Waals surface area contributed by atoms with Crippen molar-refractivity contribution in [1.29, 1.82) is 0 Å². The fourth-order valence-electron chi connectivity index (χ4n) is 2.35. The Balaban J connectivity index is 2.03. The molecule has 144 valence electrons. The molecule has 8 nitrogen and oxygen atoms in total. The highest BCUT2D eigenvalue weighted by molar-refractivity contribution is 7.89. The van der Waals surface area contributed by atoms with Gasteiger partial charge in [-0.25, -0.2) is 13.2 Å². The number of carbonyl (C=O) groups is 2. The summed E-state index contributed by atoms with van der Waals surface area (Å²) < 4.78 is 36.7. The minimum atomic E-state index is -3.70. The molecular formula is C17H24N2O6S. The van der Waals surface area contributed by atoms with E-state index in [2.05, 4.69) is 5.32 Å². The average molecular weight is 384 g/mol. The molecule has 0 radical (unpaired) electrons. The molecule has 0 saturated carbocycles. The van der Waals surface area contributed by atoms with Gasteiger partial charge >= 0.3 is 5.97 Å². The Morgan fingerprint density at radius 2 is 2.00 bits per heavy atom. The van der Waals surface area contributed by atoms with Crippen LogP contribution in [0.25, 0.3) is 0 Å². The molecule has 1 atom stereocenters. The van der Waals surface area contributed by atoms with Crippen molar-refractivity contribution in [3.8, 4) is 0 Å². The number of amides is 1. The Kier molecular flexibility index (Phi) is 7.13. The lowest BCUT2D eigenvalue weighted by atomic mass is 10.2. The van der Waals surface area contributed by atoms with Crippen LogP contribution in [0, 0.1) is 0 Å². The molecule has 0 spiro atoms. The largest absolute Gasteiger partial charge is 0.452 e. The van der Waals surface area contributed by atoms with Gasteiger partial charge < -0.3 is 14.8 Å². The standard InChI is InChI=1S/C17H24N2O6S/c1-3-13(2)18-16(20)12-25-17(21)14-5-4-6-15(11-14)26(22,23)19-7-9-24-10-8-19/h4-6,11,13H,3,7-10,12H2,1-2H3,(H,18,20)/t13-/m1/s1. The minimum Gasteiger partial charge on any atom is -0.452 e. The first-order valence-electron chi connectivity index (χ1n) is 8.49. The lowest BCUT2D eigenvalue weighted by Crippen LogP contribution is -2.40. The van der Waals surface area contributed by atoms with E-state index in [0.29, 0.717) is 13.2 Å². The molecule has 1 aromatic rings. The molecule has 1 saturated heterocycles. The lowest BCUT2D eigenvalue weighted by Gasteiger charge is -2.26. The van der Waals surface area contributed by atoms with Gasteiger partial charge in [0.15, 0.2) is 6.61 Å². The number of nitrogens with zero attached hydrogens (tertiary/aromatic N) is 1. The van der Waals surface area contributed by atoms with Crippen molar-refractivity contribution in [2.75, 3.05) is 32.9 Å². The van der Waals surface area contributed by atoms with E-state index in [4.69, 9.17) is 9.47 Å². The van der Waals surface area contributed by atoms with Crippen molar-refractivity contribution >= 4 is 21.9 Å². The first-order chi connectivity index (χ1) is 12.3. The summed E-state index contributed by atoms with van der Waals surface area (Å²) in [6.45, 7) is 4.58. The number of rotatable bonds is 7. The van der Waals surface area contributed by atoms with Gasteiger partial charge in [0, 0.05) is 19.1 Å². The second-order valence-electron chi connectivity index (χ2n) is 6.00. The van der Waals surface area contributed by atoms with E-state index in [1.54, 1.807) is 0 Å². The highest BCUT2D eigenvalue weighted by atomic mass is 32.2. The van der Waals surface area contributed by atoms with E-state index in [1.165, 1.54) is 28.6 Å². The summed E-state index contributed by atoms with van der Waals surface area (Å²) in [5.74, 6) is -1.15. The number of hydrogen-bond donors (Lipinski definition) is 1. The topological polar surface area (TPSA) is 102 Å². The van der Waals surface area contributed by atoms with Crippen molar-refractivity contribution in [2.45, 2.75) is 31.2 Å². The Labute approximate surface area is 153 Å². The molecule has 1 heterocycles. The zero-order valence-electron chi connectivity index (χ0n) is 14.9. The van der Waals surface area contributed by atoms with Crippen molar-refractivity contribution < 1.29 is 27.5 Å². The summed E-state index contributed by atoms with van der Waals surface area (Å²) in [5, 5.41) is 2.68. The smallest absolute Gasteiger partial charge is 0.338 e. The Morgan fingerprint density at radius 1 is 1.31 bits per heavy atom. The van der Waals surface area contributed by atoms with E-state index in [0.717, 1.165) is 6.42 Å². The summed E-state index contributed by atoms with van der Waals surface area (Å²) in [4.78, 5) is 23.8. The summed E-state index contributed by atoms with van der Waals surface area (Å²) >= 11 is 0. The molecule has 1 aliphatic rings. The fraction of sp³-hybridized carbons (Fsp3) is 0.529. The summed E-state index contributed by atoms with van der Waals surface area (Å²) in [6, 6.07) is 5.61. The number of esters is 1. The maximum Gasteiger partial charge on any atom is 0.338 e. The molecule has 1 aliphatic heterocycles. The second kappa shape index (κ2) is 9.11. The quantitative estimate of drug-likeness (QED) is 0.697. The molecule has 1 fully saturated rings. The van der Waals surface area contributed by atoms with Crippen LogP contribution in [0.3, 0.4) is 0 Å². The highest BCUT2D eigenvalue weighted by Gasteiger charge is 2.27. The van der Waals surface area contributed by atoms with Crippen molar-refractivity contribution in [3.63, 3.8) is 0 Å². The Hall–Kier alpha value is -1.97. The average Bonchev–Trinajstić information content (AvgIpc) is 2.66. The van der Waals surface area contributed by atoms with E-state index >= 15 is 0 Å². The molecule has 1 amide bonds. The van der Waals surface area contributed by atoms with Crippen molar-refractivity contribution in [1.82, 2.24) is 9.62 Å². The summed E-state index contributed by atoms with van der Waals surface area (Å²) in [7, 11) is -3.70. The number of ether oxygens (including phenoxy) is 2. The van der Waals surface area contributed by atoms with Crippen LogP contribution < -0.4 is 5.32 Å². The summed E-state index contributed by atoms with van der Waals surface area (Å²) in [6.07, 6.45) is 0.765. The number of morpholine rings is 1. The maximum atomic E-state index is 12.6. The van der Waals surface area contributed by atoms with Crippen LogP contribution in [0.4, 0.5) is 0 Å². The lowest BCUT2D eigenvalue weighted by molar-refractivity contribution is -0.124. The molecule has 0 bridgehead atoms. The zero-order chi connectivity index (χ0) is 19.2. The normalized spacial score (nSPS) is 16.7. The van der Waals surface area contributed by atoms with E-state index < -0.39 is 28.5 Å². The number of nitrogens with one attached hydrogen (secondary N) is 1. The predicted molar refractivity (Wildman–Crippen MR) is 94.2 cm³/mol. The van der Waals surface area contributed by atoms with Gasteiger partial charge in [0.1, 0.15) is 0 Å². The number of benzene rings is 1. The van der Waals surface area contributed by atoms with Crippen LogP contribution in [0.5, 0.6) is 0 Å². The van der Waals surface area contributed by atoms with Gasteiger partial charge in [0.05, 0.1) is 23.7 Å². The molecule has 26 heavy (non-hydrogen) atoms. The number of sulfonamides is 1. The molecule has 0 unspecified atom stereocenters. The van der Waals surface area contributed by atoms with Crippen LogP contribution in [0.15, 0.2) is 29.2 Å². The molecule has 1 aromatic carbocycles. The molecule has 2 rings (SSSR count). The number of carbonyl (C=O) groups excluding carboxylic acids is 2. The van der Waals surface area contributed by atoms with Crippen LogP contribution in [-0.2, 0) is 24.3 Å². The number of hydrogen-bond acceptors (Lipinski definition) is 6.